The molecule has 4 heteroatoms. The van der Waals surface area contributed by atoms with Gasteiger partial charge in [0.2, 0.25) is 0 Å². The molecule has 0 aliphatic rings. The van der Waals surface area contributed by atoms with Crippen LogP contribution in [0, 0.1) is 12.3 Å². The number of nitrogen functional groups attached to an aromatic ring is 1. The molecule has 0 fully saturated rings. The van der Waals surface area contributed by atoms with E-state index in [1.807, 2.05) is 18.4 Å². The minimum atomic E-state index is -0.0823. The molecule has 98 valence electrons. The largest absolute Gasteiger partial charge is 0.397 e. The number of anilines is 1. The Labute approximate surface area is 109 Å². The third kappa shape index (κ3) is 3.85. The van der Waals surface area contributed by atoms with Crippen molar-refractivity contribution >= 4 is 11.6 Å². The minimum Gasteiger partial charge on any atom is -0.397 e. The molecular weight excluding hydrogens is 226 g/mol. The first-order valence-corrected chi connectivity index (χ1v) is 6.25. The smallest absolute Gasteiger partial charge is 0.267 e. The third-order valence-electron chi connectivity index (χ3n) is 2.69. The van der Waals surface area contributed by atoms with E-state index in [1.54, 1.807) is 12.3 Å². The first-order valence-electron chi connectivity index (χ1n) is 6.25. The minimum absolute atomic E-state index is 0.0823. The normalized spacial score (nSPS) is 10.3. The van der Waals surface area contributed by atoms with Crippen molar-refractivity contribution in [3.8, 4) is 12.3 Å². The van der Waals surface area contributed by atoms with Crippen LogP contribution in [-0.4, -0.2) is 17.0 Å². The molecule has 0 aliphatic heterocycles. The molecule has 0 unspecified atom stereocenters. The van der Waals surface area contributed by atoms with Crippen molar-refractivity contribution in [2.75, 3.05) is 12.3 Å². The van der Waals surface area contributed by atoms with E-state index in [0.717, 1.165) is 19.3 Å². The summed E-state index contributed by atoms with van der Waals surface area (Å²) in [6, 6.07) is 1.92. The summed E-state index contributed by atoms with van der Waals surface area (Å²) < 4.78 is 1.88. The molecule has 1 aromatic rings. The van der Waals surface area contributed by atoms with E-state index in [2.05, 4.69) is 11.2 Å². The quantitative estimate of drug-likeness (QED) is 0.598. The molecule has 3 N–H and O–H groups in total. The lowest BCUT2D eigenvalue weighted by molar-refractivity contribution is 0.0942. The summed E-state index contributed by atoms with van der Waals surface area (Å²) in [5, 5.41) is 2.88. The highest BCUT2D eigenvalue weighted by atomic mass is 16.1. The number of carbonyl (C=O) groups excluding carboxylic acids is 1. The highest BCUT2D eigenvalue weighted by Gasteiger charge is 2.13. The Balaban J connectivity index is 2.54. The van der Waals surface area contributed by atoms with Gasteiger partial charge >= 0.3 is 0 Å². The molecule has 18 heavy (non-hydrogen) atoms. The second kappa shape index (κ2) is 6.75. The predicted molar refractivity (Wildman–Crippen MR) is 74.2 cm³/mol. The van der Waals surface area contributed by atoms with E-state index >= 15 is 0 Å². The lowest BCUT2D eigenvalue weighted by Crippen LogP contribution is -2.27. The Hall–Kier alpha value is -1.89. The van der Waals surface area contributed by atoms with Gasteiger partial charge in [0.25, 0.3) is 5.91 Å². The van der Waals surface area contributed by atoms with Gasteiger partial charge in [0.05, 0.1) is 5.69 Å². The number of aromatic nitrogens is 1. The molecule has 0 spiro atoms. The Morgan fingerprint density at radius 1 is 1.56 bits per heavy atom. The molecule has 0 bridgehead atoms. The highest BCUT2D eigenvalue weighted by molar-refractivity contribution is 5.93. The average molecular weight is 247 g/mol. The van der Waals surface area contributed by atoms with Crippen molar-refractivity contribution in [1.82, 2.24) is 9.88 Å². The second-order valence-corrected chi connectivity index (χ2v) is 4.58. The summed E-state index contributed by atoms with van der Waals surface area (Å²) >= 11 is 0. The van der Waals surface area contributed by atoms with Crippen molar-refractivity contribution in [2.45, 2.75) is 39.2 Å². The molecule has 1 rings (SSSR count). The zero-order chi connectivity index (χ0) is 13.5. The van der Waals surface area contributed by atoms with Crippen molar-refractivity contribution in [1.29, 1.82) is 0 Å². The molecule has 1 amide bonds. The lowest BCUT2D eigenvalue weighted by Gasteiger charge is -2.12. The van der Waals surface area contributed by atoms with Gasteiger partial charge < -0.3 is 15.6 Å². The number of amides is 1. The molecule has 0 atom stereocenters. The van der Waals surface area contributed by atoms with Crippen LogP contribution in [0.2, 0.25) is 0 Å². The number of unbranched alkanes of at least 4 members (excludes halogenated alkanes) is 2. The van der Waals surface area contributed by atoms with Gasteiger partial charge in [0, 0.05) is 25.2 Å². The number of carbonyl (C=O) groups is 1. The first kappa shape index (κ1) is 14.2. The zero-order valence-corrected chi connectivity index (χ0v) is 11.1. The molecule has 0 radical (unpaired) electrons. The molecular formula is C14H21N3O. The van der Waals surface area contributed by atoms with Crippen molar-refractivity contribution < 1.29 is 4.79 Å². The van der Waals surface area contributed by atoms with Crippen molar-refractivity contribution in [3.63, 3.8) is 0 Å². The van der Waals surface area contributed by atoms with Crippen LogP contribution in [-0.2, 0) is 0 Å². The van der Waals surface area contributed by atoms with E-state index in [9.17, 15) is 4.79 Å². The maximum absolute atomic E-state index is 12.0. The van der Waals surface area contributed by atoms with Gasteiger partial charge in [-0.05, 0) is 32.8 Å². The van der Waals surface area contributed by atoms with Gasteiger partial charge in [-0.25, -0.2) is 0 Å². The number of hydrogen-bond donors (Lipinski definition) is 2. The molecule has 0 saturated carbocycles. The third-order valence-corrected chi connectivity index (χ3v) is 2.69. The summed E-state index contributed by atoms with van der Waals surface area (Å²) in [6.07, 6.45) is 9.54. The topological polar surface area (TPSA) is 60.1 Å². The number of nitrogens with one attached hydrogen (secondary N) is 1. The fraction of sp³-hybridized carbons (Fsp3) is 0.500. The molecule has 0 saturated heterocycles. The fourth-order valence-corrected chi connectivity index (χ4v) is 1.75. The van der Waals surface area contributed by atoms with Gasteiger partial charge in [-0.15, -0.1) is 12.3 Å². The molecule has 0 aromatic carbocycles. The Bertz CT molecular complexity index is 440. The van der Waals surface area contributed by atoms with Gasteiger partial charge in [-0.2, -0.15) is 0 Å². The molecule has 4 nitrogen and oxygen atoms in total. The first-order chi connectivity index (χ1) is 8.56. The second-order valence-electron chi connectivity index (χ2n) is 4.58. The summed E-state index contributed by atoms with van der Waals surface area (Å²) in [5.74, 6) is 2.50. The number of rotatable bonds is 6. The maximum atomic E-state index is 12.0. The predicted octanol–water partition coefficient (Wildman–Crippen LogP) is 2.18. The Kier molecular flexibility index (Phi) is 5.31. The van der Waals surface area contributed by atoms with Crippen LogP contribution in [0.1, 0.15) is 49.6 Å². The van der Waals surface area contributed by atoms with Crippen molar-refractivity contribution in [2.24, 2.45) is 0 Å². The van der Waals surface area contributed by atoms with Gasteiger partial charge in [0.1, 0.15) is 5.69 Å². The number of nitrogens with two attached hydrogens (primary N) is 1. The maximum Gasteiger partial charge on any atom is 0.267 e. The van der Waals surface area contributed by atoms with Gasteiger partial charge in [-0.1, -0.05) is 0 Å². The van der Waals surface area contributed by atoms with E-state index in [4.69, 9.17) is 12.2 Å². The van der Waals surface area contributed by atoms with Crippen LogP contribution < -0.4 is 11.1 Å². The number of terminal acetylenes is 1. The van der Waals surface area contributed by atoms with Crippen LogP contribution in [0.4, 0.5) is 5.69 Å². The fourth-order valence-electron chi connectivity index (χ4n) is 1.75. The summed E-state index contributed by atoms with van der Waals surface area (Å²) in [7, 11) is 0. The van der Waals surface area contributed by atoms with Crippen LogP contribution in [0.15, 0.2) is 12.3 Å². The number of nitrogens with zero attached hydrogens (tertiary/aromatic N) is 1. The van der Waals surface area contributed by atoms with Crippen LogP contribution >= 0.6 is 0 Å². The summed E-state index contributed by atoms with van der Waals surface area (Å²) in [6.45, 7) is 4.68. The lowest BCUT2D eigenvalue weighted by atomic mass is 10.2. The van der Waals surface area contributed by atoms with E-state index in [0.29, 0.717) is 17.9 Å². The Morgan fingerprint density at radius 2 is 2.28 bits per heavy atom. The van der Waals surface area contributed by atoms with Gasteiger partial charge in [0.15, 0.2) is 0 Å². The van der Waals surface area contributed by atoms with E-state index in [-0.39, 0.29) is 11.9 Å². The van der Waals surface area contributed by atoms with E-state index < -0.39 is 0 Å². The monoisotopic (exact) mass is 247 g/mol. The molecule has 0 aliphatic carbocycles. The SMILES string of the molecule is C#CCCCCNC(=O)c1cc(N)cn1C(C)C. The summed E-state index contributed by atoms with van der Waals surface area (Å²) in [4.78, 5) is 12.0. The molecule has 1 aromatic heterocycles. The van der Waals surface area contributed by atoms with Crippen LogP contribution in [0.5, 0.6) is 0 Å². The number of hydrogen-bond acceptors (Lipinski definition) is 2. The van der Waals surface area contributed by atoms with Crippen LogP contribution in [0.25, 0.3) is 0 Å². The van der Waals surface area contributed by atoms with Crippen molar-refractivity contribution in [3.05, 3.63) is 18.0 Å². The standard InChI is InChI=1S/C14H21N3O/c1-4-5-6-7-8-16-14(18)13-9-12(15)10-17(13)11(2)3/h1,9-11H,5-8,15H2,2-3H3,(H,16,18). The molecule has 1 heterocycles. The van der Waals surface area contributed by atoms with E-state index in [1.165, 1.54) is 0 Å². The van der Waals surface area contributed by atoms with Gasteiger partial charge in [-0.3, -0.25) is 4.79 Å². The zero-order valence-electron chi connectivity index (χ0n) is 11.1. The Morgan fingerprint density at radius 3 is 2.89 bits per heavy atom. The average Bonchev–Trinajstić information content (AvgIpc) is 2.71. The van der Waals surface area contributed by atoms with Crippen LogP contribution in [0.3, 0.4) is 0 Å². The summed E-state index contributed by atoms with van der Waals surface area (Å²) in [5.41, 5.74) is 6.95. The highest BCUT2D eigenvalue weighted by Crippen LogP contribution is 2.16.